The maximum absolute atomic E-state index is 6.19. The maximum atomic E-state index is 6.19. The molecule has 0 fully saturated rings. The van der Waals surface area contributed by atoms with Gasteiger partial charge in [-0.2, -0.15) is 0 Å². The Bertz CT molecular complexity index is 839. The fraction of sp³-hybridized carbons (Fsp3) is 0.150. The third kappa shape index (κ3) is 4.50. The normalized spacial score (nSPS) is 10.5. The van der Waals surface area contributed by atoms with E-state index < -0.39 is 0 Å². The van der Waals surface area contributed by atoms with E-state index in [9.17, 15) is 0 Å². The minimum absolute atomic E-state index is 0.554. The van der Waals surface area contributed by atoms with E-state index in [0.29, 0.717) is 30.5 Å². The lowest BCUT2D eigenvalue weighted by atomic mass is 10.2. The summed E-state index contributed by atoms with van der Waals surface area (Å²) in [6, 6.07) is 19.2. The first-order valence-electron chi connectivity index (χ1n) is 7.97. The molecular formula is C20H19ClN2O2. The molecule has 1 aromatic heterocycles. The van der Waals surface area contributed by atoms with Crippen molar-refractivity contribution in [3.8, 4) is 17.4 Å². The van der Waals surface area contributed by atoms with E-state index in [1.807, 2.05) is 60.7 Å². The molecule has 0 radical (unpaired) electrons. The molecule has 0 aliphatic rings. The van der Waals surface area contributed by atoms with Crippen LogP contribution in [0.1, 0.15) is 11.1 Å². The summed E-state index contributed by atoms with van der Waals surface area (Å²) in [6.07, 6.45) is 1.71. The predicted octanol–water partition coefficient (Wildman–Crippen LogP) is 4.83. The molecule has 0 amide bonds. The molecule has 2 aromatic carbocycles. The van der Waals surface area contributed by atoms with E-state index >= 15 is 0 Å². The first kappa shape index (κ1) is 17.3. The van der Waals surface area contributed by atoms with Crippen molar-refractivity contribution in [3.63, 3.8) is 0 Å². The van der Waals surface area contributed by atoms with Gasteiger partial charge in [-0.3, -0.25) is 0 Å². The Hall–Kier alpha value is -2.56. The summed E-state index contributed by atoms with van der Waals surface area (Å²) in [4.78, 5) is 4.35. The monoisotopic (exact) mass is 354 g/mol. The highest BCUT2D eigenvalue weighted by molar-refractivity contribution is 6.31. The fourth-order valence-corrected chi connectivity index (χ4v) is 2.63. The van der Waals surface area contributed by atoms with Crippen LogP contribution in [-0.4, -0.2) is 12.1 Å². The Morgan fingerprint density at radius 3 is 2.36 bits per heavy atom. The van der Waals surface area contributed by atoms with Crippen molar-refractivity contribution in [2.45, 2.75) is 13.1 Å². The molecule has 0 saturated carbocycles. The molecular weight excluding hydrogens is 336 g/mol. The van der Waals surface area contributed by atoms with Crippen LogP contribution in [0.2, 0.25) is 5.02 Å². The lowest BCUT2D eigenvalue weighted by Gasteiger charge is -2.13. The fourth-order valence-electron chi connectivity index (χ4n) is 2.43. The minimum Gasteiger partial charge on any atom is -0.493 e. The van der Waals surface area contributed by atoms with Crippen LogP contribution in [0, 0.1) is 0 Å². The lowest BCUT2D eigenvalue weighted by molar-refractivity contribution is 0.372. The lowest BCUT2D eigenvalue weighted by Crippen LogP contribution is -2.14. The Balaban J connectivity index is 1.70. The van der Waals surface area contributed by atoms with Gasteiger partial charge in [-0.05, 0) is 29.8 Å². The number of hydrogen-bond donors (Lipinski definition) is 1. The first-order chi connectivity index (χ1) is 12.3. The molecule has 3 aromatic rings. The van der Waals surface area contributed by atoms with Gasteiger partial charge in [0.25, 0.3) is 0 Å². The van der Waals surface area contributed by atoms with Gasteiger partial charge >= 0.3 is 0 Å². The van der Waals surface area contributed by atoms with Gasteiger partial charge in [-0.1, -0.05) is 48.0 Å². The number of benzene rings is 2. The highest BCUT2D eigenvalue weighted by atomic mass is 35.5. The Kier molecular flexibility index (Phi) is 5.88. The van der Waals surface area contributed by atoms with E-state index in [1.165, 1.54) is 0 Å². The molecule has 0 spiro atoms. The molecule has 0 aliphatic heterocycles. The van der Waals surface area contributed by atoms with Gasteiger partial charge in [0, 0.05) is 29.9 Å². The van der Waals surface area contributed by atoms with Crippen LogP contribution in [0.25, 0.3) is 0 Å². The third-order valence-corrected chi connectivity index (χ3v) is 4.08. The summed E-state index contributed by atoms with van der Waals surface area (Å²) in [5, 5.41) is 4.13. The van der Waals surface area contributed by atoms with Crippen molar-refractivity contribution in [3.05, 3.63) is 83.0 Å². The smallest absolute Gasteiger partial charge is 0.223 e. The zero-order valence-corrected chi connectivity index (χ0v) is 14.7. The number of pyridine rings is 1. The van der Waals surface area contributed by atoms with Gasteiger partial charge in [0.2, 0.25) is 5.88 Å². The number of nitrogens with zero attached hydrogens (tertiary/aromatic N) is 1. The van der Waals surface area contributed by atoms with Crippen molar-refractivity contribution >= 4 is 11.6 Å². The molecule has 128 valence electrons. The van der Waals surface area contributed by atoms with E-state index in [4.69, 9.17) is 21.1 Å². The van der Waals surface area contributed by atoms with Gasteiger partial charge < -0.3 is 14.8 Å². The van der Waals surface area contributed by atoms with Gasteiger partial charge in [0.05, 0.1) is 7.11 Å². The quantitative estimate of drug-likeness (QED) is 0.660. The van der Waals surface area contributed by atoms with Crippen LogP contribution in [0.5, 0.6) is 17.4 Å². The molecule has 0 saturated heterocycles. The second kappa shape index (κ2) is 8.51. The molecule has 0 atom stereocenters. The summed E-state index contributed by atoms with van der Waals surface area (Å²) in [6.45, 7) is 1.28. The van der Waals surface area contributed by atoms with E-state index in [-0.39, 0.29) is 0 Å². The van der Waals surface area contributed by atoms with Crippen molar-refractivity contribution in [2.24, 2.45) is 0 Å². The average molecular weight is 355 g/mol. The van der Waals surface area contributed by atoms with E-state index in [0.717, 1.165) is 16.1 Å². The Morgan fingerprint density at radius 1 is 0.880 bits per heavy atom. The van der Waals surface area contributed by atoms with Crippen molar-refractivity contribution < 1.29 is 9.47 Å². The van der Waals surface area contributed by atoms with Crippen LogP contribution < -0.4 is 14.8 Å². The van der Waals surface area contributed by atoms with Gasteiger partial charge in [0.1, 0.15) is 0 Å². The minimum atomic E-state index is 0.554. The van der Waals surface area contributed by atoms with Crippen molar-refractivity contribution in [2.75, 3.05) is 7.11 Å². The van der Waals surface area contributed by atoms with E-state index in [2.05, 4.69) is 10.3 Å². The third-order valence-electron chi connectivity index (χ3n) is 3.71. The molecule has 1 heterocycles. The molecule has 5 heteroatoms. The number of hydrogen-bond acceptors (Lipinski definition) is 4. The van der Waals surface area contributed by atoms with Crippen LogP contribution in [0.3, 0.4) is 0 Å². The number of nitrogens with one attached hydrogen (secondary N) is 1. The van der Waals surface area contributed by atoms with Gasteiger partial charge in [-0.25, -0.2) is 4.98 Å². The Labute approximate surface area is 152 Å². The summed E-state index contributed by atoms with van der Waals surface area (Å²) in [5.74, 6) is 1.86. The molecule has 25 heavy (non-hydrogen) atoms. The summed E-state index contributed by atoms with van der Waals surface area (Å²) in [7, 11) is 1.62. The van der Waals surface area contributed by atoms with Crippen LogP contribution in [0.15, 0.2) is 66.9 Å². The second-order valence-corrected chi connectivity index (χ2v) is 5.82. The predicted molar refractivity (Wildman–Crippen MR) is 99.3 cm³/mol. The molecule has 0 unspecified atom stereocenters. The molecule has 0 aliphatic carbocycles. The number of rotatable bonds is 7. The summed E-state index contributed by atoms with van der Waals surface area (Å²) in [5.41, 5.74) is 2.01. The SMILES string of the molecule is COc1ccccc1Oc1ncccc1CNCc1ccccc1Cl. The van der Waals surface area contributed by atoms with Gasteiger partial charge in [0.15, 0.2) is 11.5 Å². The largest absolute Gasteiger partial charge is 0.493 e. The number of halogens is 1. The van der Waals surface area contributed by atoms with E-state index in [1.54, 1.807) is 13.3 Å². The maximum Gasteiger partial charge on any atom is 0.223 e. The number of para-hydroxylation sites is 2. The second-order valence-electron chi connectivity index (χ2n) is 5.42. The highest BCUT2D eigenvalue weighted by Gasteiger charge is 2.09. The zero-order chi connectivity index (χ0) is 17.5. The van der Waals surface area contributed by atoms with Crippen molar-refractivity contribution in [1.82, 2.24) is 10.3 Å². The number of methoxy groups -OCH3 is 1. The average Bonchev–Trinajstić information content (AvgIpc) is 2.65. The van der Waals surface area contributed by atoms with Crippen LogP contribution >= 0.6 is 11.6 Å². The summed E-state index contributed by atoms with van der Waals surface area (Å²) >= 11 is 6.19. The molecule has 4 nitrogen and oxygen atoms in total. The standard InChI is InChI=1S/C20H19ClN2O2/c1-24-18-10-4-5-11-19(18)25-20-16(8-6-12-23-20)14-22-13-15-7-2-3-9-17(15)21/h2-12,22H,13-14H2,1H3. The summed E-state index contributed by atoms with van der Waals surface area (Å²) < 4.78 is 11.3. The topological polar surface area (TPSA) is 43.4 Å². The molecule has 0 bridgehead atoms. The van der Waals surface area contributed by atoms with Crippen molar-refractivity contribution in [1.29, 1.82) is 0 Å². The zero-order valence-electron chi connectivity index (χ0n) is 13.9. The molecule has 1 N–H and O–H groups in total. The number of aromatic nitrogens is 1. The first-order valence-corrected chi connectivity index (χ1v) is 8.34. The van der Waals surface area contributed by atoms with Gasteiger partial charge in [-0.15, -0.1) is 0 Å². The van der Waals surface area contributed by atoms with Crippen LogP contribution in [0.4, 0.5) is 0 Å². The Morgan fingerprint density at radius 2 is 1.56 bits per heavy atom. The number of ether oxygens (including phenoxy) is 2. The van der Waals surface area contributed by atoms with Crippen LogP contribution in [-0.2, 0) is 13.1 Å². The highest BCUT2D eigenvalue weighted by Crippen LogP contribution is 2.31. The molecule has 3 rings (SSSR count).